The SMILES string of the molecule is Fc1cc(-c2cccc(F)c2F)cc(F)c1F. The maximum Gasteiger partial charge on any atom is 0.194 e. The van der Waals surface area contributed by atoms with Gasteiger partial charge >= 0.3 is 0 Å². The molecule has 2 aromatic rings. The molecule has 0 aromatic heterocycles. The van der Waals surface area contributed by atoms with Crippen molar-refractivity contribution in [1.29, 1.82) is 0 Å². The third kappa shape index (κ3) is 2.00. The summed E-state index contributed by atoms with van der Waals surface area (Å²) in [7, 11) is 0. The lowest BCUT2D eigenvalue weighted by Gasteiger charge is -2.05. The molecule has 0 atom stereocenters. The molecule has 2 rings (SSSR count). The molecule has 0 nitrogen and oxygen atoms in total. The molecule has 88 valence electrons. The average molecular weight is 244 g/mol. The molecule has 0 unspecified atom stereocenters. The Hall–Kier alpha value is -1.91. The van der Waals surface area contributed by atoms with Crippen LogP contribution in [0.4, 0.5) is 22.0 Å². The molecule has 0 bridgehead atoms. The van der Waals surface area contributed by atoms with E-state index in [0.29, 0.717) is 12.1 Å². The normalized spacial score (nSPS) is 10.6. The van der Waals surface area contributed by atoms with Crippen molar-refractivity contribution in [3.05, 3.63) is 59.4 Å². The lowest BCUT2D eigenvalue weighted by atomic mass is 10.0. The van der Waals surface area contributed by atoms with Crippen LogP contribution in [0, 0.1) is 29.1 Å². The Labute approximate surface area is 93.3 Å². The van der Waals surface area contributed by atoms with Gasteiger partial charge in [0.05, 0.1) is 0 Å². The second-order valence-electron chi connectivity index (χ2n) is 3.36. The van der Waals surface area contributed by atoms with Crippen LogP contribution in [0.5, 0.6) is 0 Å². The van der Waals surface area contributed by atoms with Gasteiger partial charge in [0.25, 0.3) is 0 Å². The molecule has 2 aromatic carbocycles. The van der Waals surface area contributed by atoms with E-state index < -0.39 is 29.1 Å². The molecular weight excluding hydrogens is 239 g/mol. The summed E-state index contributed by atoms with van der Waals surface area (Å²) in [6.07, 6.45) is 0. The number of hydrogen-bond donors (Lipinski definition) is 0. The summed E-state index contributed by atoms with van der Waals surface area (Å²) in [5.74, 6) is -6.94. The van der Waals surface area contributed by atoms with E-state index in [0.717, 1.165) is 12.1 Å². The smallest absolute Gasteiger partial charge is 0.194 e. The first-order chi connectivity index (χ1) is 8.00. The Morgan fingerprint density at radius 3 is 1.82 bits per heavy atom. The van der Waals surface area contributed by atoms with Crippen molar-refractivity contribution < 1.29 is 22.0 Å². The predicted octanol–water partition coefficient (Wildman–Crippen LogP) is 4.05. The van der Waals surface area contributed by atoms with Gasteiger partial charge in [0.1, 0.15) is 0 Å². The molecule has 0 aliphatic carbocycles. The average Bonchev–Trinajstić information content (AvgIpc) is 2.29. The highest BCUT2D eigenvalue weighted by atomic mass is 19.2. The summed E-state index contributed by atoms with van der Waals surface area (Å²) < 4.78 is 64.8. The topological polar surface area (TPSA) is 0 Å². The first kappa shape index (κ1) is 11.6. The Morgan fingerprint density at radius 2 is 1.24 bits per heavy atom. The molecule has 0 fully saturated rings. The minimum atomic E-state index is -1.65. The fraction of sp³-hybridized carbons (Fsp3) is 0. The molecule has 0 aliphatic heterocycles. The van der Waals surface area contributed by atoms with Gasteiger partial charge in [-0.1, -0.05) is 12.1 Å². The number of halogens is 5. The highest BCUT2D eigenvalue weighted by molar-refractivity contribution is 5.64. The van der Waals surface area contributed by atoms with Gasteiger partial charge in [0.2, 0.25) is 0 Å². The molecule has 0 spiro atoms. The number of hydrogen-bond acceptors (Lipinski definition) is 0. The van der Waals surface area contributed by atoms with Gasteiger partial charge in [0.15, 0.2) is 29.1 Å². The standard InChI is InChI=1S/C12H5F5/c13-8-3-1-2-7(11(8)16)6-4-9(14)12(17)10(15)5-6/h1-5H. The van der Waals surface area contributed by atoms with E-state index in [2.05, 4.69) is 0 Å². The molecule has 0 aliphatic rings. The predicted molar refractivity (Wildman–Crippen MR) is 51.7 cm³/mol. The highest BCUT2D eigenvalue weighted by Gasteiger charge is 2.15. The molecule has 0 heterocycles. The first-order valence-corrected chi connectivity index (χ1v) is 4.59. The van der Waals surface area contributed by atoms with Gasteiger partial charge in [-0.2, -0.15) is 0 Å². The van der Waals surface area contributed by atoms with Crippen molar-refractivity contribution in [3.63, 3.8) is 0 Å². The van der Waals surface area contributed by atoms with E-state index in [4.69, 9.17) is 0 Å². The Balaban J connectivity index is 2.65. The van der Waals surface area contributed by atoms with Crippen molar-refractivity contribution in [3.8, 4) is 11.1 Å². The van der Waals surface area contributed by atoms with Crippen molar-refractivity contribution in [2.75, 3.05) is 0 Å². The molecule has 0 amide bonds. The van der Waals surface area contributed by atoms with Gasteiger partial charge in [-0.15, -0.1) is 0 Å². The fourth-order valence-corrected chi connectivity index (χ4v) is 1.44. The fourth-order valence-electron chi connectivity index (χ4n) is 1.44. The van der Waals surface area contributed by atoms with Gasteiger partial charge in [-0.05, 0) is 23.8 Å². The van der Waals surface area contributed by atoms with E-state index >= 15 is 0 Å². The maximum absolute atomic E-state index is 13.3. The van der Waals surface area contributed by atoms with E-state index in [1.54, 1.807) is 0 Å². The lowest BCUT2D eigenvalue weighted by molar-refractivity contribution is 0.447. The van der Waals surface area contributed by atoms with Crippen LogP contribution < -0.4 is 0 Å². The van der Waals surface area contributed by atoms with E-state index in [1.165, 1.54) is 6.07 Å². The second-order valence-corrected chi connectivity index (χ2v) is 3.36. The highest BCUT2D eigenvalue weighted by Crippen LogP contribution is 2.27. The van der Waals surface area contributed by atoms with Gasteiger partial charge < -0.3 is 0 Å². The maximum atomic E-state index is 13.3. The Morgan fingerprint density at radius 1 is 0.647 bits per heavy atom. The molecular formula is C12H5F5. The van der Waals surface area contributed by atoms with E-state index in [-0.39, 0.29) is 11.1 Å². The summed E-state index contributed by atoms with van der Waals surface area (Å²) in [5, 5.41) is 0. The first-order valence-electron chi connectivity index (χ1n) is 4.59. The van der Waals surface area contributed by atoms with Crippen LogP contribution in [0.2, 0.25) is 0 Å². The van der Waals surface area contributed by atoms with Crippen LogP contribution >= 0.6 is 0 Å². The second kappa shape index (κ2) is 4.16. The largest absolute Gasteiger partial charge is 0.204 e. The van der Waals surface area contributed by atoms with Crippen LogP contribution in [0.1, 0.15) is 0 Å². The van der Waals surface area contributed by atoms with Crippen molar-refractivity contribution in [2.24, 2.45) is 0 Å². The zero-order chi connectivity index (χ0) is 12.6. The number of benzene rings is 2. The van der Waals surface area contributed by atoms with Crippen LogP contribution in [-0.2, 0) is 0 Å². The molecule has 5 heteroatoms. The summed E-state index contributed by atoms with van der Waals surface area (Å²) in [6.45, 7) is 0. The van der Waals surface area contributed by atoms with Gasteiger partial charge in [-0.25, -0.2) is 22.0 Å². The monoisotopic (exact) mass is 244 g/mol. The van der Waals surface area contributed by atoms with Gasteiger partial charge in [0, 0.05) is 5.56 Å². The summed E-state index contributed by atoms with van der Waals surface area (Å²) >= 11 is 0. The molecule has 0 saturated carbocycles. The number of rotatable bonds is 1. The zero-order valence-corrected chi connectivity index (χ0v) is 8.28. The Kier molecular flexibility index (Phi) is 2.83. The van der Waals surface area contributed by atoms with Crippen molar-refractivity contribution >= 4 is 0 Å². The summed E-state index contributed by atoms with van der Waals surface area (Å²) in [5.41, 5.74) is -0.596. The minimum Gasteiger partial charge on any atom is -0.204 e. The quantitative estimate of drug-likeness (QED) is 0.524. The minimum absolute atomic E-state index is 0.265. The molecule has 17 heavy (non-hydrogen) atoms. The summed E-state index contributed by atoms with van der Waals surface area (Å²) in [6, 6.07) is 4.42. The van der Waals surface area contributed by atoms with Gasteiger partial charge in [-0.3, -0.25) is 0 Å². The van der Waals surface area contributed by atoms with Crippen LogP contribution in [0.25, 0.3) is 11.1 Å². The summed E-state index contributed by atoms with van der Waals surface area (Å²) in [4.78, 5) is 0. The lowest BCUT2D eigenvalue weighted by Crippen LogP contribution is -1.94. The third-order valence-electron chi connectivity index (χ3n) is 2.25. The van der Waals surface area contributed by atoms with Crippen molar-refractivity contribution in [2.45, 2.75) is 0 Å². The van der Waals surface area contributed by atoms with Crippen LogP contribution in [0.15, 0.2) is 30.3 Å². The van der Waals surface area contributed by atoms with Crippen molar-refractivity contribution in [1.82, 2.24) is 0 Å². The zero-order valence-electron chi connectivity index (χ0n) is 8.28. The van der Waals surface area contributed by atoms with E-state index in [9.17, 15) is 22.0 Å². The van der Waals surface area contributed by atoms with E-state index in [1.807, 2.05) is 0 Å². The molecule has 0 saturated heterocycles. The molecule has 0 radical (unpaired) electrons. The Bertz CT molecular complexity index is 554. The van der Waals surface area contributed by atoms with Crippen LogP contribution in [-0.4, -0.2) is 0 Å². The third-order valence-corrected chi connectivity index (χ3v) is 2.25. The molecule has 0 N–H and O–H groups in total. The van der Waals surface area contributed by atoms with Crippen LogP contribution in [0.3, 0.4) is 0 Å².